The SMILES string of the molecule is CC(C)n1nnn(CC(=O)N(C)CCOc2ccc(Cl)cc2)c1=O. The van der Waals surface area contributed by atoms with Crippen LogP contribution in [0.3, 0.4) is 0 Å². The maximum atomic E-state index is 12.1. The summed E-state index contributed by atoms with van der Waals surface area (Å²) in [6, 6.07) is 6.88. The Bertz CT molecular complexity index is 738. The van der Waals surface area contributed by atoms with Gasteiger partial charge in [0, 0.05) is 12.1 Å². The second-order valence-electron chi connectivity index (χ2n) is 5.58. The van der Waals surface area contributed by atoms with E-state index in [1.807, 2.05) is 13.8 Å². The smallest absolute Gasteiger partial charge is 0.364 e. The van der Waals surface area contributed by atoms with Crippen molar-refractivity contribution >= 4 is 17.5 Å². The van der Waals surface area contributed by atoms with E-state index >= 15 is 0 Å². The number of tetrazole rings is 1. The number of aromatic nitrogens is 4. The van der Waals surface area contributed by atoms with Crippen molar-refractivity contribution in [1.82, 2.24) is 24.7 Å². The van der Waals surface area contributed by atoms with E-state index in [0.717, 1.165) is 4.68 Å². The van der Waals surface area contributed by atoms with Gasteiger partial charge < -0.3 is 9.64 Å². The molecule has 0 aliphatic rings. The lowest BCUT2D eigenvalue weighted by Gasteiger charge is -2.17. The summed E-state index contributed by atoms with van der Waals surface area (Å²) >= 11 is 5.80. The molecule has 0 spiro atoms. The van der Waals surface area contributed by atoms with E-state index in [1.165, 1.54) is 9.58 Å². The quantitative estimate of drug-likeness (QED) is 0.747. The molecule has 0 atom stereocenters. The normalized spacial score (nSPS) is 10.9. The number of carbonyl (C=O) groups is 1. The second kappa shape index (κ2) is 7.96. The third-order valence-corrected chi connectivity index (χ3v) is 3.62. The molecule has 0 N–H and O–H groups in total. The number of likely N-dealkylation sites (N-methyl/N-ethyl adjacent to an activating group) is 1. The maximum Gasteiger partial charge on any atom is 0.364 e. The molecule has 0 aliphatic heterocycles. The number of benzene rings is 1. The molecule has 0 saturated heterocycles. The van der Waals surface area contributed by atoms with Gasteiger partial charge in [-0.2, -0.15) is 9.36 Å². The van der Waals surface area contributed by atoms with Crippen molar-refractivity contribution in [2.24, 2.45) is 0 Å². The number of nitrogens with zero attached hydrogens (tertiary/aromatic N) is 5. The molecule has 130 valence electrons. The number of ether oxygens (including phenoxy) is 1. The largest absolute Gasteiger partial charge is 0.492 e. The summed E-state index contributed by atoms with van der Waals surface area (Å²) in [6.07, 6.45) is 0. The molecule has 1 amide bonds. The van der Waals surface area contributed by atoms with Crippen molar-refractivity contribution in [3.8, 4) is 5.75 Å². The van der Waals surface area contributed by atoms with Gasteiger partial charge in [-0.1, -0.05) is 11.6 Å². The Kier molecular flexibility index (Phi) is 5.97. The van der Waals surface area contributed by atoms with E-state index in [1.54, 1.807) is 31.3 Å². The zero-order valence-electron chi connectivity index (χ0n) is 13.8. The Labute approximate surface area is 144 Å². The van der Waals surface area contributed by atoms with Crippen LogP contribution in [-0.4, -0.2) is 50.8 Å². The Morgan fingerprint density at radius 2 is 1.96 bits per heavy atom. The fourth-order valence-electron chi connectivity index (χ4n) is 1.91. The molecule has 0 aliphatic carbocycles. The Hall–Kier alpha value is -2.35. The van der Waals surface area contributed by atoms with E-state index in [-0.39, 0.29) is 18.5 Å². The Balaban J connectivity index is 1.84. The second-order valence-corrected chi connectivity index (χ2v) is 6.01. The van der Waals surface area contributed by atoms with Crippen molar-refractivity contribution in [2.45, 2.75) is 26.4 Å². The summed E-state index contributed by atoms with van der Waals surface area (Å²) in [7, 11) is 1.64. The number of hydrogen-bond acceptors (Lipinski definition) is 5. The van der Waals surface area contributed by atoms with Crippen molar-refractivity contribution in [3.63, 3.8) is 0 Å². The highest BCUT2D eigenvalue weighted by Gasteiger charge is 2.15. The molecular weight excluding hydrogens is 334 g/mol. The maximum absolute atomic E-state index is 12.1. The van der Waals surface area contributed by atoms with Gasteiger partial charge in [0.25, 0.3) is 0 Å². The summed E-state index contributed by atoms with van der Waals surface area (Å²) < 4.78 is 7.83. The van der Waals surface area contributed by atoms with Crippen LogP contribution in [-0.2, 0) is 11.3 Å². The van der Waals surface area contributed by atoms with E-state index in [4.69, 9.17) is 16.3 Å². The summed E-state index contributed by atoms with van der Waals surface area (Å²) in [6.45, 7) is 4.21. The lowest BCUT2D eigenvalue weighted by atomic mass is 10.3. The van der Waals surface area contributed by atoms with E-state index in [9.17, 15) is 9.59 Å². The van der Waals surface area contributed by atoms with Gasteiger partial charge in [-0.05, 0) is 48.5 Å². The first-order chi connectivity index (χ1) is 11.4. The summed E-state index contributed by atoms with van der Waals surface area (Å²) in [5.41, 5.74) is -0.399. The monoisotopic (exact) mass is 353 g/mol. The van der Waals surface area contributed by atoms with Gasteiger partial charge in [0.05, 0.1) is 12.6 Å². The summed E-state index contributed by atoms with van der Waals surface area (Å²) in [5, 5.41) is 8.10. The predicted molar refractivity (Wildman–Crippen MR) is 89.3 cm³/mol. The molecule has 0 fully saturated rings. The zero-order valence-corrected chi connectivity index (χ0v) is 14.6. The van der Waals surface area contributed by atoms with Crippen LogP contribution in [0.4, 0.5) is 0 Å². The van der Waals surface area contributed by atoms with Gasteiger partial charge in [0.15, 0.2) is 0 Å². The van der Waals surface area contributed by atoms with Gasteiger partial charge in [-0.15, -0.1) is 0 Å². The molecule has 1 aromatic carbocycles. The van der Waals surface area contributed by atoms with Crippen LogP contribution in [0.15, 0.2) is 29.1 Å². The Morgan fingerprint density at radius 3 is 2.54 bits per heavy atom. The Morgan fingerprint density at radius 1 is 1.29 bits per heavy atom. The zero-order chi connectivity index (χ0) is 17.7. The lowest BCUT2D eigenvalue weighted by Crippen LogP contribution is -2.37. The highest BCUT2D eigenvalue weighted by Crippen LogP contribution is 2.15. The van der Waals surface area contributed by atoms with Crippen LogP contribution in [0.1, 0.15) is 19.9 Å². The number of carbonyl (C=O) groups excluding carboxylic acids is 1. The predicted octanol–water partition coefficient (Wildman–Crippen LogP) is 1.21. The van der Waals surface area contributed by atoms with Crippen molar-refractivity contribution in [3.05, 3.63) is 39.8 Å². The minimum absolute atomic E-state index is 0.105. The molecule has 2 rings (SSSR count). The summed E-state index contributed by atoms with van der Waals surface area (Å²) in [5.74, 6) is 0.434. The van der Waals surface area contributed by atoms with Crippen LogP contribution in [0.2, 0.25) is 5.02 Å². The van der Waals surface area contributed by atoms with E-state index in [0.29, 0.717) is 23.9 Å². The molecule has 1 aromatic heterocycles. The van der Waals surface area contributed by atoms with Crippen molar-refractivity contribution in [1.29, 1.82) is 0 Å². The van der Waals surface area contributed by atoms with Crippen LogP contribution in [0.25, 0.3) is 0 Å². The average Bonchev–Trinajstić information content (AvgIpc) is 2.90. The van der Waals surface area contributed by atoms with E-state index < -0.39 is 5.69 Å². The van der Waals surface area contributed by atoms with Gasteiger partial charge in [-0.25, -0.2) is 4.79 Å². The molecule has 0 bridgehead atoms. The molecule has 9 heteroatoms. The van der Waals surface area contributed by atoms with E-state index in [2.05, 4.69) is 10.4 Å². The first-order valence-electron chi connectivity index (χ1n) is 7.53. The molecule has 2 aromatic rings. The molecule has 1 heterocycles. The van der Waals surface area contributed by atoms with Crippen LogP contribution in [0.5, 0.6) is 5.75 Å². The first-order valence-corrected chi connectivity index (χ1v) is 7.91. The van der Waals surface area contributed by atoms with Crippen molar-refractivity contribution in [2.75, 3.05) is 20.2 Å². The fraction of sp³-hybridized carbons (Fsp3) is 0.467. The summed E-state index contributed by atoms with van der Waals surface area (Å²) in [4.78, 5) is 25.6. The highest BCUT2D eigenvalue weighted by atomic mass is 35.5. The minimum atomic E-state index is -0.399. The topological polar surface area (TPSA) is 82.2 Å². The van der Waals surface area contributed by atoms with Gasteiger partial charge in [0.1, 0.15) is 18.9 Å². The van der Waals surface area contributed by atoms with Crippen LogP contribution < -0.4 is 10.4 Å². The van der Waals surface area contributed by atoms with Crippen LogP contribution in [0, 0.1) is 0 Å². The minimum Gasteiger partial charge on any atom is -0.492 e. The lowest BCUT2D eigenvalue weighted by molar-refractivity contribution is -0.131. The number of amides is 1. The standard InChI is InChI=1S/C15H20ClN5O3/c1-11(2)21-15(23)20(17-18-21)10-14(22)19(3)8-9-24-13-6-4-12(16)5-7-13/h4-7,11H,8-10H2,1-3H3. The highest BCUT2D eigenvalue weighted by molar-refractivity contribution is 6.30. The molecule has 0 unspecified atom stereocenters. The average molecular weight is 354 g/mol. The number of halogens is 1. The number of rotatable bonds is 7. The van der Waals surface area contributed by atoms with Gasteiger partial charge >= 0.3 is 5.69 Å². The van der Waals surface area contributed by atoms with Crippen LogP contribution >= 0.6 is 11.6 Å². The number of hydrogen-bond donors (Lipinski definition) is 0. The molecule has 0 saturated carbocycles. The molecule has 8 nitrogen and oxygen atoms in total. The molecule has 0 radical (unpaired) electrons. The van der Waals surface area contributed by atoms with Gasteiger partial charge in [-0.3, -0.25) is 4.79 Å². The molecular formula is C15H20ClN5O3. The fourth-order valence-corrected chi connectivity index (χ4v) is 2.04. The third-order valence-electron chi connectivity index (χ3n) is 3.37. The van der Waals surface area contributed by atoms with Gasteiger partial charge in [0.2, 0.25) is 5.91 Å². The molecule has 24 heavy (non-hydrogen) atoms. The third kappa shape index (κ3) is 4.58. The first kappa shape index (κ1) is 18.0. The van der Waals surface area contributed by atoms with Crippen molar-refractivity contribution < 1.29 is 9.53 Å².